The summed E-state index contributed by atoms with van der Waals surface area (Å²) in [6, 6.07) is 6.27. The summed E-state index contributed by atoms with van der Waals surface area (Å²) in [5.41, 5.74) is 5.10. The number of rotatable bonds is 5. The van der Waals surface area contributed by atoms with Crippen LogP contribution in [-0.2, 0) is 12.0 Å². The molecule has 0 heterocycles. The molecule has 0 atom stereocenters. The van der Waals surface area contributed by atoms with Gasteiger partial charge in [-0.15, -0.1) is 0 Å². The van der Waals surface area contributed by atoms with Crippen LogP contribution in [0.5, 0.6) is 5.75 Å². The maximum atomic E-state index is 5.40. The van der Waals surface area contributed by atoms with E-state index < -0.39 is 0 Å². The Morgan fingerprint density at radius 1 is 1.29 bits per heavy atom. The van der Waals surface area contributed by atoms with Gasteiger partial charge in [-0.05, 0) is 22.6 Å². The van der Waals surface area contributed by atoms with Gasteiger partial charge >= 0.3 is 0 Å². The van der Waals surface area contributed by atoms with Gasteiger partial charge in [-0.1, -0.05) is 32.9 Å². The first-order valence-electron chi connectivity index (χ1n) is 5.80. The van der Waals surface area contributed by atoms with E-state index in [9.17, 15) is 0 Å². The zero-order valence-corrected chi connectivity index (χ0v) is 11.1. The minimum absolute atomic E-state index is 0.0769. The van der Waals surface area contributed by atoms with E-state index in [1.54, 1.807) is 7.11 Å². The maximum absolute atomic E-state index is 5.40. The highest BCUT2D eigenvalue weighted by atomic mass is 16.5. The van der Waals surface area contributed by atoms with Crippen LogP contribution >= 0.6 is 0 Å². The van der Waals surface area contributed by atoms with Gasteiger partial charge in [0.05, 0.1) is 13.8 Å². The molecule has 0 amide bonds. The minimum Gasteiger partial charge on any atom is -0.496 e. The number of hydrazine groups is 1. The van der Waals surface area contributed by atoms with E-state index >= 15 is 0 Å². The lowest BCUT2D eigenvalue weighted by atomic mass is 9.85. The van der Waals surface area contributed by atoms with Gasteiger partial charge in [0.1, 0.15) is 5.75 Å². The molecule has 0 radical (unpaired) electrons. The van der Waals surface area contributed by atoms with Crippen LogP contribution in [0.1, 0.15) is 31.9 Å². The van der Waals surface area contributed by atoms with Gasteiger partial charge in [-0.25, -0.2) is 5.43 Å². The molecular weight excluding hydrogens is 214 g/mol. The summed E-state index contributed by atoms with van der Waals surface area (Å²) in [4.78, 5) is 0. The van der Waals surface area contributed by atoms with Crippen molar-refractivity contribution in [3.05, 3.63) is 29.3 Å². The highest BCUT2D eigenvalue weighted by Crippen LogP contribution is 2.31. The summed E-state index contributed by atoms with van der Waals surface area (Å²) in [5.74, 6) is 6.15. The smallest absolute Gasteiger partial charge is 0.122 e. The fourth-order valence-electron chi connectivity index (χ4n) is 1.73. The zero-order valence-electron chi connectivity index (χ0n) is 11.1. The number of hydrogen-bond acceptors (Lipinski definition) is 4. The van der Waals surface area contributed by atoms with E-state index in [1.807, 2.05) is 6.07 Å². The molecular formula is C13H23N3O. The summed E-state index contributed by atoms with van der Waals surface area (Å²) in [6.07, 6.45) is 0. The quantitative estimate of drug-likeness (QED) is 0.314. The van der Waals surface area contributed by atoms with E-state index in [4.69, 9.17) is 10.6 Å². The second-order valence-corrected chi connectivity index (χ2v) is 5.09. The SMILES string of the molecule is COc1ccc(CNCNN)cc1C(C)(C)C. The molecule has 1 aromatic carbocycles. The van der Waals surface area contributed by atoms with E-state index in [2.05, 4.69) is 43.6 Å². The monoisotopic (exact) mass is 237 g/mol. The summed E-state index contributed by atoms with van der Waals surface area (Å²) in [6.45, 7) is 7.94. The Morgan fingerprint density at radius 2 is 2.00 bits per heavy atom. The number of ether oxygens (including phenoxy) is 1. The fraction of sp³-hybridized carbons (Fsp3) is 0.538. The van der Waals surface area contributed by atoms with Crippen molar-refractivity contribution in [1.29, 1.82) is 0 Å². The lowest BCUT2D eigenvalue weighted by Crippen LogP contribution is -2.33. The van der Waals surface area contributed by atoms with E-state index in [-0.39, 0.29) is 5.41 Å². The van der Waals surface area contributed by atoms with Crippen LogP contribution in [0.15, 0.2) is 18.2 Å². The second kappa shape index (κ2) is 6.00. The Balaban J connectivity index is 2.89. The molecule has 4 N–H and O–H groups in total. The lowest BCUT2D eigenvalue weighted by Gasteiger charge is -2.23. The third-order valence-corrected chi connectivity index (χ3v) is 2.63. The molecule has 96 valence electrons. The van der Waals surface area contributed by atoms with Crippen molar-refractivity contribution < 1.29 is 4.74 Å². The normalized spacial score (nSPS) is 11.6. The summed E-state index contributed by atoms with van der Waals surface area (Å²) < 4.78 is 5.40. The zero-order chi connectivity index (χ0) is 12.9. The molecule has 0 aliphatic heterocycles. The Kier molecular flexibility index (Phi) is 4.93. The van der Waals surface area contributed by atoms with Gasteiger partial charge in [-0.2, -0.15) is 0 Å². The molecule has 0 unspecified atom stereocenters. The number of nitrogens with two attached hydrogens (primary N) is 1. The maximum Gasteiger partial charge on any atom is 0.122 e. The van der Waals surface area contributed by atoms with Crippen LogP contribution in [0, 0.1) is 0 Å². The minimum atomic E-state index is 0.0769. The fourth-order valence-corrected chi connectivity index (χ4v) is 1.73. The topological polar surface area (TPSA) is 59.3 Å². The molecule has 0 aliphatic rings. The van der Waals surface area contributed by atoms with Gasteiger partial charge in [0.25, 0.3) is 0 Å². The number of benzene rings is 1. The van der Waals surface area contributed by atoms with Crippen molar-refractivity contribution in [2.75, 3.05) is 13.8 Å². The number of nitrogens with one attached hydrogen (secondary N) is 2. The highest BCUT2D eigenvalue weighted by molar-refractivity contribution is 5.41. The first-order chi connectivity index (χ1) is 7.99. The van der Waals surface area contributed by atoms with Gasteiger partial charge < -0.3 is 4.74 Å². The van der Waals surface area contributed by atoms with Crippen LogP contribution in [0.25, 0.3) is 0 Å². The van der Waals surface area contributed by atoms with Crippen molar-refractivity contribution in [2.24, 2.45) is 5.84 Å². The Labute approximate surface area is 104 Å². The third kappa shape index (κ3) is 4.00. The average Bonchev–Trinajstić information content (AvgIpc) is 2.28. The Bertz CT molecular complexity index is 358. The molecule has 4 nitrogen and oxygen atoms in total. The van der Waals surface area contributed by atoms with E-state index in [1.165, 1.54) is 11.1 Å². The Hall–Kier alpha value is -1.10. The first kappa shape index (κ1) is 14.0. The number of hydrogen-bond donors (Lipinski definition) is 3. The Morgan fingerprint density at radius 3 is 2.53 bits per heavy atom. The molecule has 0 aromatic heterocycles. The van der Waals surface area contributed by atoms with E-state index in [0.29, 0.717) is 6.67 Å². The second-order valence-electron chi connectivity index (χ2n) is 5.09. The molecule has 1 aromatic rings. The summed E-state index contributed by atoms with van der Waals surface area (Å²) in [7, 11) is 1.71. The average molecular weight is 237 g/mol. The van der Waals surface area contributed by atoms with Crippen molar-refractivity contribution in [3.63, 3.8) is 0 Å². The van der Waals surface area contributed by atoms with Gasteiger partial charge in [0, 0.05) is 6.54 Å². The van der Waals surface area contributed by atoms with Crippen LogP contribution in [0.2, 0.25) is 0 Å². The molecule has 4 heteroatoms. The first-order valence-corrected chi connectivity index (χ1v) is 5.80. The summed E-state index contributed by atoms with van der Waals surface area (Å²) in [5, 5.41) is 3.19. The molecule has 0 saturated heterocycles. The van der Waals surface area contributed by atoms with Crippen LogP contribution in [-0.4, -0.2) is 13.8 Å². The molecule has 0 fully saturated rings. The van der Waals surface area contributed by atoms with Crippen LogP contribution < -0.4 is 21.3 Å². The van der Waals surface area contributed by atoms with Crippen LogP contribution in [0.4, 0.5) is 0 Å². The number of methoxy groups -OCH3 is 1. The highest BCUT2D eigenvalue weighted by Gasteiger charge is 2.18. The standard InChI is InChI=1S/C13H23N3O/c1-13(2,3)11-7-10(8-15-9-16-14)5-6-12(11)17-4/h5-7,15-16H,8-9,14H2,1-4H3. The van der Waals surface area contributed by atoms with Crippen molar-refractivity contribution in [2.45, 2.75) is 32.7 Å². The molecule has 17 heavy (non-hydrogen) atoms. The van der Waals surface area contributed by atoms with E-state index in [0.717, 1.165) is 12.3 Å². The summed E-state index contributed by atoms with van der Waals surface area (Å²) >= 11 is 0. The third-order valence-electron chi connectivity index (χ3n) is 2.63. The van der Waals surface area contributed by atoms with Gasteiger partial charge in [0.2, 0.25) is 0 Å². The molecule has 0 spiro atoms. The molecule has 0 aliphatic carbocycles. The lowest BCUT2D eigenvalue weighted by molar-refractivity contribution is 0.397. The predicted molar refractivity (Wildman–Crippen MR) is 70.7 cm³/mol. The molecule has 0 bridgehead atoms. The largest absolute Gasteiger partial charge is 0.496 e. The van der Waals surface area contributed by atoms with Gasteiger partial charge in [0.15, 0.2) is 0 Å². The molecule has 0 saturated carbocycles. The van der Waals surface area contributed by atoms with Crippen molar-refractivity contribution in [3.8, 4) is 5.75 Å². The van der Waals surface area contributed by atoms with Crippen molar-refractivity contribution in [1.82, 2.24) is 10.7 Å². The predicted octanol–water partition coefficient (Wildman–Crippen LogP) is 1.50. The van der Waals surface area contributed by atoms with Gasteiger partial charge in [-0.3, -0.25) is 11.2 Å². The van der Waals surface area contributed by atoms with Crippen molar-refractivity contribution >= 4 is 0 Å². The molecule has 1 rings (SSSR count). The van der Waals surface area contributed by atoms with Crippen LogP contribution in [0.3, 0.4) is 0 Å².